The van der Waals surface area contributed by atoms with Crippen LogP contribution in [0.15, 0.2) is 50.8 Å². The van der Waals surface area contributed by atoms with E-state index in [2.05, 4.69) is 6.58 Å². The fourth-order valence-electron chi connectivity index (χ4n) is 2.96. The average Bonchev–Trinajstić information content (AvgIpc) is 3.36. The Bertz CT molecular complexity index is 937. The van der Waals surface area contributed by atoms with Crippen molar-refractivity contribution in [3.8, 4) is 11.3 Å². The summed E-state index contributed by atoms with van der Waals surface area (Å²) in [4.78, 5) is 18.6. The van der Waals surface area contributed by atoms with E-state index in [0.717, 1.165) is 40.8 Å². The Balaban J connectivity index is 1.76. The van der Waals surface area contributed by atoms with Gasteiger partial charge in [-0.15, -0.1) is 17.9 Å². The fourth-order valence-corrected chi connectivity index (χ4v) is 5.00. The van der Waals surface area contributed by atoms with Crippen molar-refractivity contribution in [1.29, 1.82) is 0 Å². The molecular formula is C18H18N2O3S2. The maximum Gasteiger partial charge on any atom is 0.263 e. The van der Waals surface area contributed by atoms with E-state index in [1.165, 1.54) is 11.3 Å². The molecule has 4 rings (SSSR count). The Hall–Kier alpha value is -1.83. The summed E-state index contributed by atoms with van der Waals surface area (Å²) < 4.78 is 12.8. The van der Waals surface area contributed by atoms with Gasteiger partial charge < -0.3 is 9.15 Å². The number of nitrogens with zero attached hydrogens (tertiary/aromatic N) is 2. The van der Waals surface area contributed by atoms with Crippen molar-refractivity contribution >= 4 is 33.3 Å². The minimum atomic E-state index is -0.0487. The number of ether oxygens (including phenoxy) is 1. The smallest absolute Gasteiger partial charge is 0.263 e. The van der Waals surface area contributed by atoms with Crippen molar-refractivity contribution in [3.63, 3.8) is 0 Å². The monoisotopic (exact) mass is 374 g/mol. The molecule has 3 aromatic heterocycles. The van der Waals surface area contributed by atoms with Crippen LogP contribution in [0.1, 0.15) is 12.8 Å². The van der Waals surface area contributed by atoms with Crippen LogP contribution in [0.4, 0.5) is 0 Å². The molecular weight excluding hydrogens is 356 g/mol. The second-order valence-corrected chi connectivity index (χ2v) is 7.70. The zero-order valence-corrected chi connectivity index (χ0v) is 15.3. The molecule has 1 saturated heterocycles. The Morgan fingerprint density at radius 2 is 2.44 bits per heavy atom. The number of hydrogen-bond donors (Lipinski definition) is 0. The van der Waals surface area contributed by atoms with Gasteiger partial charge in [0, 0.05) is 29.8 Å². The highest BCUT2D eigenvalue weighted by Crippen LogP contribution is 2.32. The second kappa shape index (κ2) is 7.19. The molecule has 130 valence electrons. The molecule has 25 heavy (non-hydrogen) atoms. The summed E-state index contributed by atoms with van der Waals surface area (Å²) >= 11 is 3.05. The molecule has 0 saturated carbocycles. The quantitative estimate of drug-likeness (QED) is 0.368. The van der Waals surface area contributed by atoms with E-state index in [9.17, 15) is 4.79 Å². The number of furan rings is 1. The number of fused-ring (bicyclic) bond motifs is 1. The standard InChI is InChI=1S/C18H18N2O3S2/c1-2-7-20-17(21)15-13(14-6-4-9-23-14)11-24-16(15)19-18(20)25-10-12-5-3-8-22-12/h2,4,6,9,11-12H,1,3,5,7-8,10H2/t12-/m1/s1. The van der Waals surface area contributed by atoms with Crippen molar-refractivity contribution in [2.75, 3.05) is 12.4 Å². The van der Waals surface area contributed by atoms with Gasteiger partial charge in [-0.3, -0.25) is 9.36 Å². The van der Waals surface area contributed by atoms with E-state index in [0.29, 0.717) is 17.7 Å². The lowest BCUT2D eigenvalue weighted by Crippen LogP contribution is -2.23. The normalized spacial score (nSPS) is 17.4. The van der Waals surface area contributed by atoms with Gasteiger partial charge in [0.1, 0.15) is 10.6 Å². The SMILES string of the molecule is C=CCn1c(SC[C@H]2CCCO2)nc2scc(-c3ccco3)c2c1=O. The van der Waals surface area contributed by atoms with Gasteiger partial charge in [-0.05, 0) is 25.0 Å². The predicted molar refractivity (Wildman–Crippen MR) is 101 cm³/mol. The molecule has 1 aliphatic heterocycles. The third-order valence-corrected chi connectivity index (χ3v) is 6.16. The molecule has 1 fully saturated rings. The number of hydrogen-bond acceptors (Lipinski definition) is 6. The van der Waals surface area contributed by atoms with Crippen molar-refractivity contribution in [1.82, 2.24) is 9.55 Å². The van der Waals surface area contributed by atoms with E-state index < -0.39 is 0 Å². The summed E-state index contributed by atoms with van der Waals surface area (Å²) in [5.41, 5.74) is 0.753. The van der Waals surface area contributed by atoms with E-state index in [-0.39, 0.29) is 11.7 Å². The summed E-state index contributed by atoms with van der Waals surface area (Å²) in [6.45, 7) is 5.04. The van der Waals surface area contributed by atoms with E-state index >= 15 is 0 Å². The fraction of sp³-hybridized carbons (Fsp3) is 0.333. The first-order chi connectivity index (χ1) is 12.3. The summed E-state index contributed by atoms with van der Waals surface area (Å²) in [7, 11) is 0. The molecule has 0 amide bonds. The molecule has 0 N–H and O–H groups in total. The molecule has 0 unspecified atom stereocenters. The molecule has 0 bridgehead atoms. The number of aromatic nitrogens is 2. The molecule has 0 spiro atoms. The van der Waals surface area contributed by atoms with Crippen LogP contribution in [0, 0.1) is 0 Å². The van der Waals surface area contributed by atoms with Crippen molar-refractivity contribution in [2.45, 2.75) is 30.6 Å². The summed E-state index contributed by atoms with van der Waals surface area (Å²) in [5.74, 6) is 1.50. The minimum absolute atomic E-state index is 0.0487. The Labute approximate surface area is 153 Å². The van der Waals surface area contributed by atoms with Gasteiger partial charge in [0.15, 0.2) is 5.16 Å². The van der Waals surface area contributed by atoms with Crippen molar-refractivity contribution in [2.24, 2.45) is 0 Å². The molecule has 3 aromatic rings. The van der Waals surface area contributed by atoms with Gasteiger partial charge in [0.25, 0.3) is 5.56 Å². The van der Waals surface area contributed by atoms with Gasteiger partial charge in [-0.2, -0.15) is 0 Å². The lowest BCUT2D eigenvalue weighted by atomic mass is 10.2. The highest BCUT2D eigenvalue weighted by atomic mass is 32.2. The van der Waals surface area contributed by atoms with Gasteiger partial charge in [0.05, 0.1) is 17.8 Å². The molecule has 4 heterocycles. The molecule has 5 nitrogen and oxygen atoms in total. The first kappa shape index (κ1) is 16.6. The van der Waals surface area contributed by atoms with Crippen molar-refractivity contribution in [3.05, 3.63) is 46.8 Å². The Morgan fingerprint density at radius 1 is 1.52 bits per heavy atom. The highest BCUT2D eigenvalue weighted by molar-refractivity contribution is 7.99. The molecule has 1 aliphatic rings. The van der Waals surface area contributed by atoms with Gasteiger partial charge in [0.2, 0.25) is 0 Å². The highest BCUT2D eigenvalue weighted by Gasteiger charge is 2.20. The number of rotatable bonds is 6. The summed E-state index contributed by atoms with van der Waals surface area (Å²) in [5, 5.41) is 3.27. The second-order valence-electron chi connectivity index (χ2n) is 5.85. The van der Waals surface area contributed by atoms with Crippen LogP contribution in [0.5, 0.6) is 0 Å². The first-order valence-electron chi connectivity index (χ1n) is 8.19. The molecule has 0 aromatic carbocycles. The average molecular weight is 374 g/mol. The maximum atomic E-state index is 13.1. The maximum absolute atomic E-state index is 13.1. The predicted octanol–water partition coefficient (Wildman–Crippen LogP) is 4.18. The van der Waals surface area contributed by atoms with Crippen molar-refractivity contribution < 1.29 is 9.15 Å². The molecule has 0 radical (unpaired) electrons. The van der Waals surface area contributed by atoms with Crippen LogP contribution in [0.3, 0.4) is 0 Å². The third kappa shape index (κ3) is 3.19. The van der Waals surface area contributed by atoms with Crippen LogP contribution < -0.4 is 5.56 Å². The molecule has 7 heteroatoms. The van der Waals surface area contributed by atoms with E-state index in [1.54, 1.807) is 28.7 Å². The summed E-state index contributed by atoms with van der Waals surface area (Å²) in [6, 6.07) is 3.68. The van der Waals surface area contributed by atoms with Crippen LogP contribution in [0.25, 0.3) is 21.5 Å². The number of allylic oxidation sites excluding steroid dienone is 1. The van der Waals surface area contributed by atoms with Gasteiger partial charge in [-0.25, -0.2) is 4.98 Å². The topological polar surface area (TPSA) is 57.3 Å². The summed E-state index contributed by atoms with van der Waals surface area (Å²) in [6.07, 6.45) is 5.76. The Morgan fingerprint density at radius 3 is 3.16 bits per heavy atom. The molecule has 0 aliphatic carbocycles. The number of thiophene rings is 1. The first-order valence-corrected chi connectivity index (χ1v) is 10.1. The third-order valence-electron chi connectivity index (χ3n) is 4.18. The van der Waals surface area contributed by atoms with Crippen LogP contribution in [-0.4, -0.2) is 28.0 Å². The van der Waals surface area contributed by atoms with Crippen LogP contribution in [0.2, 0.25) is 0 Å². The largest absolute Gasteiger partial charge is 0.464 e. The zero-order chi connectivity index (χ0) is 17.2. The van der Waals surface area contributed by atoms with Crippen LogP contribution in [-0.2, 0) is 11.3 Å². The lowest BCUT2D eigenvalue weighted by molar-refractivity contribution is 0.129. The Kier molecular flexibility index (Phi) is 4.78. The van der Waals surface area contributed by atoms with Crippen LogP contribution >= 0.6 is 23.1 Å². The van der Waals surface area contributed by atoms with Gasteiger partial charge >= 0.3 is 0 Å². The van der Waals surface area contributed by atoms with E-state index in [4.69, 9.17) is 14.1 Å². The van der Waals surface area contributed by atoms with Gasteiger partial charge in [-0.1, -0.05) is 17.8 Å². The minimum Gasteiger partial charge on any atom is -0.464 e. The molecule has 1 atom stereocenters. The zero-order valence-electron chi connectivity index (χ0n) is 13.6. The number of thioether (sulfide) groups is 1. The van der Waals surface area contributed by atoms with E-state index in [1.807, 2.05) is 17.5 Å². The lowest BCUT2D eigenvalue weighted by Gasteiger charge is -2.12.